The first-order valence-electron chi connectivity index (χ1n) is 7.01. The Morgan fingerprint density at radius 2 is 2.08 bits per heavy atom. The standard InChI is InChI=1S/C16H13BrFN3O4/c1-3-25-15(22)8-4-10(17)13(11(18)5-8)21-7-9(6-19)12(20)14(21)16(23)24-2/h4-5,7H,3,20H2,1-2H3. The van der Waals surface area contributed by atoms with Gasteiger partial charge in [-0.2, -0.15) is 5.26 Å². The third-order valence-corrected chi connectivity index (χ3v) is 3.92. The highest BCUT2D eigenvalue weighted by Gasteiger charge is 2.25. The summed E-state index contributed by atoms with van der Waals surface area (Å²) in [6.07, 6.45) is 1.22. The van der Waals surface area contributed by atoms with Crippen molar-refractivity contribution < 1.29 is 23.5 Å². The van der Waals surface area contributed by atoms with Crippen molar-refractivity contribution in [1.82, 2.24) is 4.57 Å². The molecule has 0 unspecified atom stereocenters. The van der Waals surface area contributed by atoms with Crippen molar-refractivity contribution in [3.05, 3.63) is 45.4 Å². The predicted octanol–water partition coefficient (Wildman–Crippen LogP) is 2.80. The first kappa shape index (κ1) is 18.5. The van der Waals surface area contributed by atoms with Crippen molar-refractivity contribution in [2.24, 2.45) is 0 Å². The molecule has 130 valence electrons. The molecule has 1 aromatic carbocycles. The molecule has 2 N–H and O–H groups in total. The third-order valence-electron chi connectivity index (χ3n) is 3.31. The molecule has 7 nitrogen and oxygen atoms in total. The van der Waals surface area contributed by atoms with E-state index in [0.717, 1.165) is 17.7 Å². The van der Waals surface area contributed by atoms with Crippen molar-refractivity contribution in [1.29, 1.82) is 5.26 Å². The second kappa shape index (κ2) is 7.36. The number of aromatic nitrogens is 1. The van der Waals surface area contributed by atoms with Gasteiger partial charge in [0.2, 0.25) is 0 Å². The molecular weight excluding hydrogens is 397 g/mol. The number of esters is 2. The molecule has 1 aromatic heterocycles. The molecular formula is C16H13BrFN3O4. The van der Waals surface area contributed by atoms with Gasteiger partial charge >= 0.3 is 11.9 Å². The van der Waals surface area contributed by atoms with E-state index in [0.29, 0.717) is 0 Å². The minimum Gasteiger partial charge on any atom is -0.464 e. The number of ether oxygens (including phenoxy) is 2. The smallest absolute Gasteiger partial charge is 0.357 e. The van der Waals surface area contributed by atoms with Gasteiger partial charge in [-0.1, -0.05) is 0 Å². The number of nitrogens with zero attached hydrogens (tertiary/aromatic N) is 2. The molecule has 0 saturated carbocycles. The summed E-state index contributed by atoms with van der Waals surface area (Å²) in [6.45, 7) is 1.78. The van der Waals surface area contributed by atoms with Crippen LogP contribution in [0.15, 0.2) is 22.8 Å². The van der Waals surface area contributed by atoms with Crippen molar-refractivity contribution in [2.75, 3.05) is 19.5 Å². The molecule has 0 bridgehead atoms. The number of anilines is 1. The zero-order chi connectivity index (χ0) is 18.7. The molecule has 0 radical (unpaired) electrons. The summed E-state index contributed by atoms with van der Waals surface area (Å²) in [5.41, 5.74) is 5.36. The van der Waals surface area contributed by atoms with E-state index in [-0.39, 0.29) is 39.3 Å². The van der Waals surface area contributed by atoms with Gasteiger partial charge in [0.25, 0.3) is 0 Å². The van der Waals surface area contributed by atoms with Crippen LogP contribution >= 0.6 is 15.9 Å². The first-order chi connectivity index (χ1) is 11.8. The lowest BCUT2D eigenvalue weighted by Gasteiger charge is -2.13. The Kier molecular flexibility index (Phi) is 5.44. The molecule has 9 heteroatoms. The monoisotopic (exact) mass is 409 g/mol. The summed E-state index contributed by atoms with van der Waals surface area (Å²) < 4.78 is 25.4. The summed E-state index contributed by atoms with van der Waals surface area (Å²) in [6, 6.07) is 4.15. The molecule has 0 atom stereocenters. The van der Waals surface area contributed by atoms with E-state index in [4.69, 9.17) is 15.7 Å². The molecule has 1 heterocycles. The van der Waals surface area contributed by atoms with Crippen LogP contribution in [0.25, 0.3) is 5.69 Å². The summed E-state index contributed by atoms with van der Waals surface area (Å²) in [5, 5.41) is 9.11. The minimum atomic E-state index is -0.834. The van der Waals surface area contributed by atoms with Gasteiger partial charge in [0.05, 0.1) is 36.2 Å². The molecule has 0 amide bonds. The SMILES string of the molecule is CCOC(=O)c1cc(F)c(-n2cc(C#N)c(N)c2C(=O)OC)c(Br)c1. The Balaban J connectivity index is 2.69. The largest absolute Gasteiger partial charge is 0.464 e. The number of hydrogen-bond donors (Lipinski definition) is 1. The maximum absolute atomic E-state index is 14.7. The van der Waals surface area contributed by atoms with E-state index in [1.54, 1.807) is 6.92 Å². The average molecular weight is 410 g/mol. The fourth-order valence-electron chi connectivity index (χ4n) is 2.22. The highest BCUT2D eigenvalue weighted by atomic mass is 79.9. The van der Waals surface area contributed by atoms with Crippen LogP contribution < -0.4 is 5.73 Å². The number of nitrogen functional groups attached to an aromatic ring is 1. The van der Waals surface area contributed by atoms with Crippen molar-refractivity contribution >= 4 is 33.6 Å². The van der Waals surface area contributed by atoms with Gasteiger partial charge in [0, 0.05) is 10.7 Å². The van der Waals surface area contributed by atoms with E-state index in [2.05, 4.69) is 20.7 Å². The summed E-state index contributed by atoms with van der Waals surface area (Å²) in [4.78, 5) is 23.8. The maximum atomic E-state index is 14.7. The fraction of sp³-hybridized carbons (Fsp3) is 0.188. The minimum absolute atomic E-state index is 0.00442. The fourth-order valence-corrected chi connectivity index (χ4v) is 2.85. The van der Waals surface area contributed by atoms with Crippen LogP contribution in [-0.4, -0.2) is 30.2 Å². The number of hydrogen-bond acceptors (Lipinski definition) is 6. The molecule has 25 heavy (non-hydrogen) atoms. The van der Waals surface area contributed by atoms with E-state index in [9.17, 15) is 14.0 Å². The van der Waals surface area contributed by atoms with E-state index >= 15 is 0 Å². The molecule has 0 saturated heterocycles. The van der Waals surface area contributed by atoms with Crippen LogP contribution in [0.2, 0.25) is 0 Å². The molecule has 2 aromatic rings. The van der Waals surface area contributed by atoms with E-state index < -0.39 is 17.8 Å². The van der Waals surface area contributed by atoms with Crippen LogP contribution in [0.4, 0.5) is 10.1 Å². The zero-order valence-corrected chi connectivity index (χ0v) is 14.9. The van der Waals surface area contributed by atoms with Crippen molar-refractivity contribution in [3.63, 3.8) is 0 Å². The Morgan fingerprint density at radius 3 is 2.60 bits per heavy atom. The van der Waals surface area contributed by atoms with Gasteiger partial charge in [0.1, 0.15) is 11.9 Å². The van der Waals surface area contributed by atoms with Gasteiger partial charge in [0.15, 0.2) is 5.69 Å². The Morgan fingerprint density at radius 1 is 1.40 bits per heavy atom. The lowest BCUT2D eigenvalue weighted by molar-refractivity contribution is 0.0524. The van der Waals surface area contributed by atoms with Crippen LogP contribution in [0.3, 0.4) is 0 Å². The number of halogens is 2. The number of methoxy groups -OCH3 is 1. The number of carbonyl (C=O) groups is 2. The topological polar surface area (TPSA) is 107 Å². The molecule has 0 aliphatic rings. The Labute approximate surface area is 150 Å². The zero-order valence-electron chi connectivity index (χ0n) is 13.3. The van der Waals surface area contributed by atoms with Gasteiger partial charge in [-0.3, -0.25) is 0 Å². The van der Waals surface area contributed by atoms with Crippen LogP contribution in [0, 0.1) is 17.1 Å². The van der Waals surface area contributed by atoms with Crippen LogP contribution in [0.1, 0.15) is 33.3 Å². The normalized spacial score (nSPS) is 10.2. The number of benzene rings is 1. The predicted molar refractivity (Wildman–Crippen MR) is 89.9 cm³/mol. The Hall–Kier alpha value is -2.86. The molecule has 0 aliphatic carbocycles. The average Bonchev–Trinajstić information content (AvgIpc) is 2.90. The third kappa shape index (κ3) is 3.34. The number of nitriles is 1. The van der Waals surface area contributed by atoms with Crippen molar-refractivity contribution in [2.45, 2.75) is 6.92 Å². The quantitative estimate of drug-likeness (QED) is 0.777. The highest BCUT2D eigenvalue weighted by Crippen LogP contribution is 2.32. The van der Waals surface area contributed by atoms with E-state index in [1.807, 2.05) is 6.07 Å². The molecule has 0 fully saturated rings. The number of rotatable bonds is 4. The van der Waals surface area contributed by atoms with Gasteiger partial charge in [-0.25, -0.2) is 14.0 Å². The van der Waals surface area contributed by atoms with Gasteiger partial charge < -0.3 is 19.8 Å². The second-order valence-corrected chi connectivity index (χ2v) is 5.64. The second-order valence-electron chi connectivity index (χ2n) is 4.79. The van der Waals surface area contributed by atoms with Gasteiger partial charge in [-0.05, 0) is 35.0 Å². The summed E-state index contributed by atoms with van der Waals surface area (Å²) in [7, 11) is 1.14. The maximum Gasteiger partial charge on any atom is 0.357 e. The summed E-state index contributed by atoms with van der Waals surface area (Å²) in [5.74, 6) is -2.34. The lowest BCUT2D eigenvalue weighted by atomic mass is 10.2. The Bertz CT molecular complexity index is 879. The van der Waals surface area contributed by atoms with Gasteiger partial charge in [-0.15, -0.1) is 0 Å². The lowest BCUT2D eigenvalue weighted by Crippen LogP contribution is -2.13. The number of nitrogens with two attached hydrogens (primary N) is 1. The highest BCUT2D eigenvalue weighted by molar-refractivity contribution is 9.10. The first-order valence-corrected chi connectivity index (χ1v) is 7.80. The van der Waals surface area contributed by atoms with Crippen molar-refractivity contribution in [3.8, 4) is 11.8 Å². The van der Waals surface area contributed by atoms with E-state index in [1.165, 1.54) is 12.3 Å². The molecule has 0 aliphatic heterocycles. The van der Waals surface area contributed by atoms with Crippen LogP contribution in [-0.2, 0) is 9.47 Å². The molecule has 0 spiro atoms. The van der Waals surface area contributed by atoms with Crippen LogP contribution in [0.5, 0.6) is 0 Å². The number of carbonyl (C=O) groups excluding carboxylic acids is 2. The summed E-state index contributed by atoms with van der Waals surface area (Å²) >= 11 is 3.17. The molecule has 2 rings (SSSR count).